The number of rotatable bonds is 7. The lowest BCUT2D eigenvalue weighted by atomic mass is 9.76. The molecule has 1 aliphatic rings. The highest BCUT2D eigenvalue weighted by Crippen LogP contribution is 2.32. The lowest BCUT2D eigenvalue weighted by Gasteiger charge is -2.38. The molecule has 3 atom stereocenters. The molecule has 0 aromatic carbocycles. The summed E-state index contributed by atoms with van der Waals surface area (Å²) in [5.74, 6) is 2.76. The number of hydrogen-bond acceptors (Lipinski definition) is 3. The molecule has 1 aromatic rings. The first kappa shape index (κ1) is 16.6. The van der Waals surface area contributed by atoms with E-state index < -0.39 is 0 Å². The van der Waals surface area contributed by atoms with Crippen molar-refractivity contribution in [2.24, 2.45) is 11.8 Å². The van der Waals surface area contributed by atoms with Crippen molar-refractivity contribution in [3.8, 4) is 0 Å². The van der Waals surface area contributed by atoms with Gasteiger partial charge in [0.05, 0.1) is 6.26 Å². The molecule has 1 heterocycles. The van der Waals surface area contributed by atoms with Crippen LogP contribution in [0.5, 0.6) is 0 Å². The van der Waals surface area contributed by atoms with Gasteiger partial charge in [-0.05, 0) is 57.7 Å². The molecule has 3 heteroatoms. The second-order valence-electron chi connectivity index (χ2n) is 6.71. The quantitative estimate of drug-likeness (QED) is 0.828. The van der Waals surface area contributed by atoms with Gasteiger partial charge < -0.3 is 14.6 Å². The van der Waals surface area contributed by atoms with E-state index in [1.807, 2.05) is 0 Å². The van der Waals surface area contributed by atoms with E-state index in [9.17, 15) is 0 Å². The second kappa shape index (κ2) is 8.00. The van der Waals surface area contributed by atoms with Crippen LogP contribution in [0.1, 0.15) is 50.9 Å². The monoisotopic (exact) mass is 292 g/mol. The summed E-state index contributed by atoms with van der Waals surface area (Å²) >= 11 is 0. The molecule has 1 fully saturated rings. The van der Waals surface area contributed by atoms with Crippen molar-refractivity contribution in [3.05, 3.63) is 23.7 Å². The van der Waals surface area contributed by atoms with Crippen LogP contribution in [-0.2, 0) is 6.54 Å². The molecular weight excluding hydrogens is 260 g/mol. The summed E-state index contributed by atoms with van der Waals surface area (Å²) in [4.78, 5) is 2.46. The molecule has 1 aromatic heterocycles. The molecule has 0 spiro atoms. The Morgan fingerprint density at radius 2 is 2.14 bits per heavy atom. The van der Waals surface area contributed by atoms with Crippen molar-refractivity contribution in [3.63, 3.8) is 0 Å². The van der Waals surface area contributed by atoms with E-state index in [2.05, 4.69) is 44.1 Å². The molecule has 0 saturated heterocycles. The molecule has 21 heavy (non-hydrogen) atoms. The van der Waals surface area contributed by atoms with E-state index in [0.29, 0.717) is 6.04 Å². The number of furan rings is 1. The molecule has 3 unspecified atom stereocenters. The van der Waals surface area contributed by atoms with Gasteiger partial charge in [-0.3, -0.25) is 0 Å². The van der Waals surface area contributed by atoms with Gasteiger partial charge in [-0.1, -0.05) is 20.3 Å². The zero-order valence-electron chi connectivity index (χ0n) is 14.2. The standard InChI is InChI=1S/C18H32N2O/c1-5-15-7-8-18(19-6-2)17(11-15)13-20(4)12-16-9-10-21-14(16)3/h9-10,15,17-19H,5-8,11-13H2,1-4H3. The second-order valence-corrected chi connectivity index (χ2v) is 6.71. The third-order valence-electron chi connectivity index (χ3n) is 5.09. The number of nitrogens with one attached hydrogen (secondary N) is 1. The molecule has 3 nitrogen and oxygen atoms in total. The van der Waals surface area contributed by atoms with Crippen molar-refractivity contribution < 1.29 is 4.42 Å². The van der Waals surface area contributed by atoms with Crippen LogP contribution in [0.4, 0.5) is 0 Å². The normalized spacial score (nSPS) is 26.4. The van der Waals surface area contributed by atoms with Crippen molar-refractivity contribution >= 4 is 0 Å². The van der Waals surface area contributed by atoms with Gasteiger partial charge in [0.2, 0.25) is 0 Å². The average molecular weight is 292 g/mol. The summed E-state index contributed by atoms with van der Waals surface area (Å²) in [6, 6.07) is 2.80. The minimum atomic E-state index is 0.700. The lowest BCUT2D eigenvalue weighted by molar-refractivity contribution is 0.149. The highest BCUT2D eigenvalue weighted by Gasteiger charge is 2.29. The molecule has 0 aliphatic heterocycles. The summed E-state index contributed by atoms with van der Waals surface area (Å²) in [7, 11) is 2.24. The van der Waals surface area contributed by atoms with Crippen molar-refractivity contribution in [1.82, 2.24) is 10.2 Å². The Bertz CT molecular complexity index is 415. The first-order valence-corrected chi connectivity index (χ1v) is 8.58. The molecule has 1 aliphatic carbocycles. The Labute approximate surface area is 130 Å². The van der Waals surface area contributed by atoms with E-state index in [4.69, 9.17) is 4.42 Å². The van der Waals surface area contributed by atoms with E-state index in [1.54, 1.807) is 6.26 Å². The van der Waals surface area contributed by atoms with Crippen LogP contribution in [0.25, 0.3) is 0 Å². The third kappa shape index (κ3) is 4.58. The fraction of sp³-hybridized carbons (Fsp3) is 0.778. The molecule has 1 N–H and O–H groups in total. The van der Waals surface area contributed by atoms with Crippen molar-refractivity contribution in [2.75, 3.05) is 20.1 Å². The predicted molar refractivity (Wildman–Crippen MR) is 88.4 cm³/mol. The SMILES string of the molecule is CCNC1CCC(CC)CC1CN(C)Cc1ccoc1C. The summed E-state index contributed by atoms with van der Waals surface area (Å²) in [5, 5.41) is 3.71. The Morgan fingerprint density at radius 3 is 2.76 bits per heavy atom. The maximum atomic E-state index is 5.41. The molecule has 2 rings (SSSR count). The maximum absolute atomic E-state index is 5.41. The Balaban J connectivity index is 1.91. The summed E-state index contributed by atoms with van der Waals surface area (Å²) in [6.07, 6.45) is 7.25. The van der Waals surface area contributed by atoms with Gasteiger partial charge in [0.15, 0.2) is 0 Å². The minimum Gasteiger partial charge on any atom is -0.469 e. The van der Waals surface area contributed by atoms with E-state index in [-0.39, 0.29) is 0 Å². The number of hydrogen-bond donors (Lipinski definition) is 1. The third-order valence-corrected chi connectivity index (χ3v) is 5.09. The number of aryl methyl sites for hydroxylation is 1. The van der Waals surface area contributed by atoms with Gasteiger partial charge in [-0.15, -0.1) is 0 Å². The number of nitrogens with zero attached hydrogens (tertiary/aromatic N) is 1. The smallest absolute Gasteiger partial charge is 0.105 e. The zero-order valence-corrected chi connectivity index (χ0v) is 14.2. The van der Waals surface area contributed by atoms with Crippen LogP contribution in [0.15, 0.2) is 16.7 Å². The Kier molecular flexibility index (Phi) is 6.31. The first-order chi connectivity index (χ1) is 10.1. The molecule has 0 bridgehead atoms. The predicted octanol–water partition coefficient (Wildman–Crippen LogP) is 3.82. The van der Waals surface area contributed by atoms with Crippen LogP contribution in [0, 0.1) is 18.8 Å². The van der Waals surface area contributed by atoms with Gasteiger partial charge in [0, 0.05) is 24.7 Å². The molecule has 120 valence electrons. The van der Waals surface area contributed by atoms with E-state index >= 15 is 0 Å². The zero-order chi connectivity index (χ0) is 15.2. The topological polar surface area (TPSA) is 28.4 Å². The van der Waals surface area contributed by atoms with Crippen LogP contribution in [0.2, 0.25) is 0 Å². The molecule has 0 amide bonds. The summed E-state index contributed by atoms with van der Waals surface area (Å²) in [5.41, 5.74) is 1.32. The molecule has 1 saturated carbocycles. The van der Waals surface area contributed by atoms with Crippen molar-refractivity contribution in [1.29, 1.82) is 0 Å². The summed E-state index contributed by atoms with van der Waals surface area (Å²) in [6.45, 7) is 9.88. The lowest BCUT2D eigenvalue weighted by Crippen LogP contribution is -2.45. The summed E-state index contributed by atoms with van der Waals surface area (Å²) < 4.78 is 5.41. The van der Waals surface area contributed by atoms with Crippen molar-refractivity contribution in [2.45, 2.75) is 59.0 Å². The highest BCUT2D eigenvalue weighted by molar-refractivity contribution is 5.15. The van der Waals surface area contributed by atoms with Gasteiger partial charge in [0.25, 0.3) is 0 Å². The largest absolute Gasteiger partial charge is 0.469 e. The highest BCUT2D eigenvalue weighted by atomic mass is 16.3. The maximum Gasteiger partial charge on any atom is 0.105 e. The van der Waals surface area contributed by atoms with Crippen LogP contribution in [-0.4, -0.2) is 31.1 Å². The fourth-order valence-electron chi connectivity index (χ4n) is 3.80. The van der Waals surface area contributed by atoms with Gasteiger partial charge in [-0.25, -0.2) is 0 Å². The fourth-order valence-corrected chi connectivity index (χ4v) is 3.80. The van der Waals surface area contributed by atoms with E-state index in [1.165, 1.54) is 37.8 Å². The molecule has 0 radical (unpaired) electrons. The van der Waals surface area contributed by atoms with Crippen LogP contribution >= 0.6 is 0 Å². The van der Waals surface area contributed by atoms with Gasteiger partial charge in [0.1, 0.15) is 5.76 Å². The molecular formula is C18H32N2O. The van der Waals surface area contributed by atoms with Gasteiger partial charge in [-0.2, -0.15) is 0 Å². The van der Waals surface area contributed by atoms with Crippen LogP contribution in [0.3, 0.4) is 0 Å². The Hall–Kier alpha value is -0.800. The average Bonchev–Trinajstić information content (AvgIpc) is 2.86. The van der Waals surface area contributed by atoms with Crippen LogP contribution < -0.4 is 5.32 Å². The van der Waals surface area contributed by atoms with Gasteiger partial charge >= 0.3 is 0 Å². The Morgan fingerprint density at radius 1 is 1.33 bits per heavy atom. The first-order valence-electron chi connectivity index (χ1n) is 8.58. The minimum absolute atomic E-state index is 0.700. The van der Waals surface area contributed by atoms with E-state index in [0.717, 1.165) is 30.7 Å².